The zero-order valence-corrected chi connectivity index (χ0v) is 18.4. The molecule has 2 nitrogen and oxygen atoms in total. The highest BCUT2D eigenvalue weighted by molar-refractivity contribution is 6.32. The fourth-order valence-corrected chi connectivity index (χ4v) is 7.70. The Kier molecular flexibility index (Phi) is 4.71. The van der Waals surface area contributed by atoms with Crippen molar-refractivity contribution in [2.45, 2.75) is 71.1 Å². The molecule has 4 aliphatic carbocycles. The Morgan fingerprint density at radius 1 is 0.931 bits per heavy atom. The molecule has 154 valence electrons. The quantitative estimate of drug-likeness (QED) is 0.569. The van der Waals surface area contributed by atoms with Crippen LogP contribution in [-0.2, 0) is 13.2 Å². The molecule has 6 rings (SSSR count). The van der Waals surface area contributed by atoms with E-state index in [1.165, 1.54) is 44.1 Å². The minimum Gasteiger partial charge on any atom is -0.487 e. The Hall–Kier alpha value is -1.51. The van der Waals surface area contributed by atoms with Gasteiger partial charge in [-0.15, -0.1) is 0 Å². The van der Waals surface area contributed by atoms with Crippen LogP contribution >= 0.6 is 11.6 Å². The summed E-state index contributed by atoms with van der Waals surface area (Å²) < 4.78 is 5.93. The SMILES string of the molecule is CC12CC3CC(C)(C1)CC(NCc1ccc(OCc4ccccc4)c(Cl)c1)(C3)C2. The second-order valence-corrected chi connectivity index (χ2v) is 11.2. The van der Waals surface area contributed by atoms with Crippen molar-refractivity contribution in [1.29, 1.82) is 0 Å². The van der Waals surface area contributed by atoms with Crippen molar-refractivity contribution >= 4 is 11.6 Å². The lowest BCUT2D eigenvalue weighted by Gasteiger charge is -2.65. The fraction of sp³-hybridized carbons (Fsp3) is 0.538. The summed E-state index contributed by atoms with van der Waals surface area (Å²) >= 11 is 6.54. The van der Waals surface area contributed by atoms with Crippen LogP contribution in [0, 0.1) is 16.7 Å². The molecule has 29 heavy (non-hydrogen) atoms. The molecule has 0 spiro atoms. The second-order valence-electron chi connectivity index (χ2n) is 10.8. The summed E-state index contributed by atoms with van der Waals surface area (Å²) in [7, 11) is 0. The predicted molar refractivity (Wildman–Crippen MR) is 119 cm³/mol. The molecular formula is C26H32ClNO. The molecule has 2 unspecified atom stereocenters. The van der Waals surface area contributed by atoms with Crippen molar-refractivity contribution in [3.05, 3.63) is 64.7 Å². The number of hydrogen-bond donors (Lipinski definition) is 1. The molecule has 4 aliphatic rings. The van der Waals surface area contributed by atoms with E-state index in [0.717, 1.165) is 23.8 Å². The van der Waals surface area contributed by atoms with E-state index in [4.69, 9.17) is 16.3 Å². The van der Waals surface area contributed by atoms with Crippen LogP contribution in [0.3, 0.4) is 0 Å². The van der Waals surface area contributed by atoms with Gasteiger partial charge in [0.1, 0.15) is 12.4 Å². The molecule has 2 atom stereocenters. The Bertz CT molecular complexity index is 877. The van der Waals surface area contributed by atoms with Crippen LogP contribution in [0.2, 0.25) is 5.02 Å². The normalized spacial score (nSPS) is 35.1. The summed E-state index contributed by atoms with van der Waals surface area (Å²) in [4.78, 5) is 0. The van der Waals surface area contributed by atoms with Gasteiger partial charge in [0, 0.05) is 12.1 Å². The number of nitrogens with one attached hydrogen (secondary N) is 1. The van der Waals surface area contributed by atoms with Crippen LogP contribution in [0.1, 0.15) is 63.5 Å². The van der Waals surface area contributed by atoms with Gasteiger partial charge in [-0.3, -0.25) is 0 Å². The third kappa shape index (κ3) is 3.94. The molecule has 3 heteroatoms. The molecule has 0 aromatic heterocycles. The van der Waals surface area contributed by atoms with E-state index in [1.807, 2.05) is 24.3 Å². The van der Waals surface area contributed by atoms with Gasteiger partial charge in [0.15, 0.2) is 0 Å². The largest absolute Gasteiger partial charge is 0.487 e. The van der Waals surface area contributed by atoms with Gasteiger partial charge in [0.25, 0.3) is 0 Å². The van der Waals surface area contributed by atoms with Crippen LogP contribution in [0.15, 0.2) is 48.5 Å². The van der Waals surface area contributed by atoms with E-state index in [9.17, 15) is 0 Å². The molecule has 4 fully saturated rings. The topological polar surface area (TPSA) is 21.3 Å². The molecule has 0 aliphatic heterocycles. The first-order chi connectivity index (χ1) is 13.8. The number of hydrogen-bond acceptors (Lipinski definition) is 2. The van der Waals surface area contributed by atoms with Gasteiger partial charge in [-0.25, -0.2) is 0 Å². The lowest BCUT2D eigenvalue weighted by molar-refractivity contribution is -0.118. The van der Waals surface area contributed by atoms with E-state index in [-0.39, 0.29) is 0 Å². The van der Waals surface area contributed by atoms with Crippen molar-refractivity contribution in [3.8, 4) is 5.75 Å². The monoisotopic (exact) mass is 409 g/mol. The summed E-state index contributed by atoms with van der Waals surface area (Å²) in [5.74, 6) is 1.67. The Morgan fingerprint density at radius 2 is 1.66 bits per heavy atom. The number of ether oxygens (including phenoxy) is 1. The Labute approximate surface area is 180 Å². The minimum atomic E-state index is 0.317. The van der Waals surface area contributed by atoms with Gasteiger partial charge in [-0.1, -0.05) is 61.8 Å². The van der Waals surface area contributed by atoms with Crippen molar-refractivity contribution in [2.24, 2.45) is 16.7 Å². The van der Waals surface area contributed by atoms with Gasteiger partial charge < -0.3 is 10.1 Å². The molecule has 0 heterocycles. The Morgan fingerprint density at radius 3 is 2.31 bits per heavy atom. The fourth-order valence-electron chi connectivity index (χ4n) is 7.44. The second kappa shape index (κ2) is 7.03. The molecule has 1 N–H and O–H groups in total. The van der Waals surface area contributed by atoms with Crippen LogP contribution in [0.4, 0.5) is 0 Å². The van der Waals surface area contributed by atoms with Gasteiger partial charge in [-0.2, -0.15) is 0 Å². The number of benzene rings is 2. The van der Waals surface area contributed by atoms with Crippen molar-refractivity contribution in [1.82, 2.24) is 5.32 Å². The maximum Gasteiger partial charge on any atom is 0.138 e. The molecule has 2 aromatic rings. The predicted octanol–water partition coefficient (Wildman–Crippen LogP) is 6.76. The summed E-state index contributed by atoms with van der Waals surface area (Å²) in [6, 6.07) is 16.5. The van der Waals surface area contributed by atoms with Gasteiger partial charge >= 0.3 is 0 Å². The van der Waals surface area contributed by atoms with E-state index in [2.05, 4.69) is 43.4 Å². The Balaban J connectivity index is 1.24. The molecule has 4 bridgehead atoms. The van der Waals surface area contributed by atoms with Crippen molar-refractivity contribution in [3.63, 3.8) is 0 Å². The summed E-state index contributed by atoms with van der Waals surface area (Å²) in [5, 5.41) is 4.70. The first-order valence-electron chi connectivity index (χ1n) is 11.0. The zero-order chi connectivity index (χ0) is 20.1. The molecule has 0 saturated heterocycles. The smallest absolute Gasteiger partial charge is 0.138 e. The molecule has 0 amide bonds. The third-order valence-corrected chi connectivity index (χ3v) is 7.82. The van der Waals surface area contributed by atoms with Crippen molar-refractivity contribution < 1.29 is 4.74 Å². The first-order valence-corrected chi connectivity index (χ1v) is 11.4. The lowest BCUT2D eigenvalue weighted by atomic mass is 9.43. The highest BCUT2D eigenvalue weighted by Crippen LogP contribution is 2.66. The average molecular weight is 410 g/mol. The van der Waals surface area contributed by atoms with Crippen LogP contribution in [0.5, 0.6) is 5.75 Å². The maximum absolute atomic E-state index is 6.54. The van der Waals surface area contributed by atoms with E-state index >= 15 is 0 Å². The van der Waals surface area contributed by atoms with Crippen LogP contribution < -0.4 is 10.1 Å². The molecule has 4 saturated carbocycles. The van der Waals surface area contributed by atoms with Gasteiger partial charge in [-0.05, 0) is 78.5 Å². The molecule has 2 aromatic carbocycles. The molecular weight excluding hydrogens is 378 g/mol. The number of halogens is 1. The van der Waals surface area contributed by atoms with E-state index in [0.29, 0.717) is 28.0 Å². The summed E-state index contributed by atoms with van der Waals surface area (Å²) in [6.45, 7) is 6.49. The number of rotatable bonds is 6. The summed E-state index contributed by atoms with van der Waals surface area (Å²) in [6.07, 6.45) is 8.30. The maximum atomic E-state index is 6.54. The van der Waals surface area contributed by atoms with Crippen LogP contribution in [0.25, 0.3) is 0 Å². The zero-order valence-electron chi connectivity index (χ0n) is 17.6. The van der Waals surface area contributed by atoms with Crippen LogP contribution in [-0.4, -0.2) is 5.54 Å². The standard InChI is InChI=1S/C26H32ClNO/c1-24-11-21-12-25(2,16-24)18-26(13-21,17-24)28-14-20-8-9-23(22(27)10-20)29-15-19-6-4-3-5-7-19/h3-10,21,28H,11-18H2,1-2H3. The first kappa shape index (κ1) is 19.5. The van der Waals surface area contributed by atoms with E-state index < -0.39 is 0 Å². The highest BCUT2D eigenvalue weighted by atomic mass is 35.5. The van der Waals surface area contributed by atoms with Gasteiger partial charge in [0.2, 0.25) is 0 Å². The average Bonchev–Trinajstić information content (AvgIpc) is 2.64. The molecule has 0 radical (unpaired) electrons. The van der Waals surface area contributed by atoms with E-state index in [1.54, 1.807) is 0 Å². The highest BCUT2D eigenvalue weighted by Gasteiger charge is 2.59. The van der Waals surface area contributed by atoms with Gasteiger partial charge in [0.05, 0.1) is 5.02 Å². The third-order valence-electron chi connectivity index (χ3n) is 7.53. The lowest BCUT2D eigenvalue weighted by Crippen LogP contribution is -2.63. The minimum absolute atomic E-state index is 0.317. The summed E-state index contributed by atoms with van der Waals surface area (Å²) in [5.41, 5.74) is 3.78. The van der Waals surface area contributed by atoms with Crippen molar-refractivity contribution in [2.75, 3.05) is 0 Å².